The predicted octanol–water partition coefficient (Wildman–Crippen LogP) is 1.35. The van der Waals surface area contributed by atoms with Gasteiger partial charge in [0.1, 0.15) is 0 Å². The summed E-state index contributed by atoms with van der Waals surface area (Å²) < 4.78 is 23.5. The first kappa shape index (κ1) is 15.8. The molecule has 0 aromatic heterocycles. The van der Waals surface area contributed by atoms with Gasteiger partial charge in [-0.15, -0.1) is 0 Å². The van der Waals surface area contributed by atoms with Crippen LogP contribution in [0.2, 0.25) is 0 Å². The van der Waals surface area contributed by atoms with Crippen molar-refractivity contribution in [1.29, 1.82) is 0 Å². The number of rotatable bonds is 5. The second-order valence-corrected chi connectivity index (χ2v) is 7.86. The molecule has 5 nitrogen and oxygen atoms in total. The number of nitrogens with one attached hydrogen (secondary N) is 2. The SMILES string of the molecule is CNC(=O)Cc1ccc(NC2CCCC2S(C)(=O)=O)cc1. The molecule has 1 aliphatic rings. The molecule has 0 saturated heterocycles. The maximum absolute atomic E-state index is 11.8. The monoisotopic (exact) mass is 310 g/mol. The lowest BCUT2D eigenvalue weighted by Crippen LogP contribution is -2.34. The van der Waals surface area contributed by atoms with Crippen LogP contribution >= 0.6 is 0 Å². The second kappa shape index (κ2) is 6.47. The Hall–Kier alpha value is -1.56. The van der Waals surface area contributed by atoms with E-state index in [1.165, 1.54) is 6.26 Å². The van der Waals surface area contributed by atoms with Crippen LogP contribution in [0.3, 0.4) is 0 Å². The average Bonchev–Trinajstić information content (AvgIpc) is 2.89. The van der Waals surface area contributed by atoms with Gasteiger partial charge >= 0.3 is 0 Å². The van der Waals surface area contributed by atoms with Crippen molar-refractivity contribution < 1.29 is 13.2 Å². The molecule has 2 unspecified atom stereocenters. The van der Waals surface area contributed by atoms with Crippen molar-refractivity contribution in [2.24, 2.45) is 0 Å². The van der Waals surface area contributed by atoms with Gasteiger partial charge in [-0.3, -0.25) is 4.79 Å². The normalized spacial score (nSPS) is 22.0. The molecule has 2 atom stereocenters. The summed E-state index contributed by atoms with van der Waals surface area (Å²) in [5, 5.41) is 5.60. The number of hydrogen-bond donors (Lipinski definition) is 2. The number of anilines is 1. The molecule has 1 fully saturated rings. The van der Waals surface area contributed by atoms with Crippen LogP contribution < -0.4 is 10.6 Å². The zero-order valence-corrected chi connectivity index (χ0v) is 13.2. The van der Waals surface area contributed by atoms with E-state index in [1.54, 1.807) is 7.05 Å². The van der Waals surface area contributed by atoms with Gasteiger partial charge in [-0.05, 0) is 37.0 Å². The lowest BCUT2D eigenvalue weighted by molar-refractivity contribution is -0.119. The molecule has 2 N–H and O–H groups in total. The minimum absolute atomic E-state index is 0.0233. The Morgan fingerprint density at radius 1 is 1.24 bits per heavy atom. The van der Waals surface area contributed by atoms with Crippen LogP contribution in [0.4, 0.5) is 5.69 Å². The third-order valence-electron chi connectivity index (χ3n) is 3.95. The van der Waals surface area contributed by atoms with Crippen LogP contribution in [0.5, 0.6) is 0 Å². The molecule has 1 aromatic carbocycles. The van der Waals surface area contributed by atoms with Crippen LogP contribution in [-0.4, -0.2) is 38.9 Å². The number of hydrogen-bond acceptors (Lipinski definition) is 4. The molecule has 6 heteroatoms. The first-order valence-corrected chi connectivity index (χ1v) is 9.10. The van der Waals surface area contributed by atoms with Gasteiger partial charge in [-0.25, -0.2) is 8.42 Å². The highest BCUT2D eigenvalue weighted by molar-refractivity contribution is 7.91. The molecular formula is C15H22N2O3S. The molecule has 1 amide bonds. The molecule has 21 heavy (non-hydrogen) atoms. The summed E-state index contributed by atoms with van der Waals surface area (Å²) in [7, 11) is -1.40. The van der Waals surface area contributed by atoms with E-state index in [0.29, 0.717) is 6.42 Å². The Morgan fingerprint density at radius 2 is 1.90 bits per heavy atom. The molecule has 116 valence electrons. The van der Waals surface area contributed by atoms with Crippen molar-refractivity contribution >= 4 is 21.4 Å². The quantitative estimate of drug-likeness (QED) is 0.861. The molecule has 0 spiro atoms. The number of sulfone groups is 1. The fraction of sp³-hybridized carbons (Fsp3) is 0.533. The Balaban J connectivity index is 2.02. The van der Waals surface area contributed by atoms with Gasteiger partial charge in [0.25, 0.3) is 0 Å². The Labute approximate surface area is 126 Å². The van der Waals surface area contributed by atoms with E-state index >= 15 is 0 Å². The molecule has 0 bridgehead atoms. The molecule has 1 aromatic rings. The highest BCUT2D eigenvalue weighted by atomic mass is 32.2. The second-order valence-electron chi connectivity index (χ2n) is 5.60. The summed E-state index contributed by atoms with van der Waals surface area (Å²) in [6, 6.07) is 7.56. The van der Waals surface area contributed by atoms with E-state index in [1.807, 2.05) is 24.3 Å². The average molecular weight is 310 g/mol. The van der Waals surface area contributed by atoms with Crippen LogP contribution in [-0.2, 0) is 21.1 Å². The number of carbonyl (C=O) groups excluding carboxylic acids is 1. The van der Waals surface area contributed by atoms with E-state index in [4.69, 9.17) is 0 Å². The van der Waals surface area contributed by atoms with Crippen molar-refractivity contribution in [3.05, 3.63) is 29.8 Å². The number of benzene rings is 1. The van der Waals surface area contributed by atoms with Crippen molar-refractivity contribution in [3.8, 4) is 0 Å². The van der Waals surface area contributed by atoms with Crippen LogP contribution in [0, 0.1) is 0 Å². The number of likely N-dealkylation sites (N-methyl/N-ethyl adjacent to an activating group) is 1. The largest absolute Gasteiger partial charge is 0.381 e. The summed E-state index contributed by atoms with van der Waals surface area (Å²) in [6.07, 6.45) is 4.20. The Morgan fingerprint density at radius 3 is 2.48 bits per heavy atom. The van der Waals surface area contributed by atoms with Crippen LogP contribution in [0.25, 0.3) is 0 Å². The van der Waals surface area contributed by atoms with E-state index in [0.717, 1.165) is 30.5 Å². The van der Waals surface area contributed by atoms with Gasteiger partial charge < -0.3 is 10.6 Å². The maximum atomic E-state index is 11.8. The molecule has 0 heterocycles. The van der Waals surface area contributed by atoms with Gasteiger partial charge in [0, 0.05) is 25.0 Å². The third-order valence-corrected chi connectivity index (χ3v) is 5.62. The van der Waals surface area contributed by atoms with Gasteiger partial charge in [0.05, 0.1) is 11.7 Å². The fourth-order valence-electron chi connectivity index (χ4n) is 2.81. The van der Waals surface area contributed by atoms with E-state index in [2.05, 4.69) is 10.6 Å². The first-order valence-electron chi connectivity index (χ1n) is 7.15. The molecule has 0 radical (unpaired) electrons. The van der Waals surface area contributed by atoms with Crippen LogP contribution in [0.15, 0.2) is 24.3 Å². The summed E-state index contributed by atoms with van der Waals surface area (Å²) in [5.74, 6) is -0.0244. The van der Waals surface area contributed by atoms with E-state index in [9.17, 15) is 13.2 Å². The van der Waals surface area contributed by atoms with Crippen molar-refractivity contribution in [3.63, 3.8) is 0 Å². The molecule has 1 aliphatic carbocycles. The van der Waals surface area contributed by atoms with E-state index < -0.39 is 9.84 Å². The Bertz CT molecular complexity index is 596. The summed E-state index contributed by atoms with van der Waals surface area (Å²) in [5.41, 5.74) is 1.84. The fourth-order valence-corrected chi connectivity index (χ4v) is 4.21. The molecular weight excluding hydrogens is 288 g/mol. The number of carbonyl (C=O) groups is 1. The number of amides is 1. The highest BCUT2D eigenvalue weighted by Gasteiger charge is 2.34. The van der Waals surface area contributed by atoms with Crippen molar-refractivity contribution in [1.82, 2.24) is 5.32 Å². The summed E-state index contributed by atoms with van der Waals surface area (Å²) >= 11 is 0. The lowest BCUT2D eigenvalue weighted by atomic mass is 10.1. The van der Waals surface area contributed by atoms with Gasteiger partial charge in [-0.2, -0.15) is 0 Å². The lowest BCUT2D eigenvalue weighted by Gasteiger charge is -2.20. The summed E-state index contributed by atoms with van der Waals surface area (Å²) in [6.45, 7) is 0. The van der Waals surface area contributed by atoms with Gasteiger partial charge in [-0.1, -0.05) is 12.1 Å². The van der Waals surface area contributed by atoms with Crippen molar-refractivity contribution in [2.75, 3.05) is 18.6 Å². The highest BCUT2D eigenvalue weighted by Crippen LogP contribution is 2.28. The summed E-state index contributed by atoms with van der Waals surface area (Å²) in [4.78, 5) is 11.3. The van der Waals surface area contributed by atoms with Crippen molar-refractivity contribution in [2.45, 2.75) is 37.0 Å². The van der Waals surface area contributed by atoms with Crippen LogP contribution in [0.1, 0.15) is 24.8 Å². The Kier molecular flexibility index (Phi) is 4.88. The van der Waals surface area contributed by atoms with Gasteiger partial charge in [0.2, 0.25) is 5.91 Å². The smallest absolute Gasteiger partial charge is 0.224 e. The minimum Gasteiger partial charge on any atom is -0.381 e. The maximum Gasteiger partial charge on any atom is 0.224 e. The predicted molar refractivity (Wildman–Crippen MR) is 84.1 cm³/mol. The third kappa shape index (κ3) is 4.20. The first-order chi connectivity index (χ1) is 9.90. The zero-order valence-electron chi connectivity index (χ0n) is 12.4. The van der Waals surface area contributed by atoms with E-state index in [-0.39, 0.29) is 17.2 Å². The zero-order chi connectivity index (χ0) is 15.5. The van der Waals surface area contributed by atoms with Gasteiger partial charge in [0.15, 0.2) is 9.84 Å². The topological polar surface area (TPSA) is 75.3 Å². The standard InChI is InChI=1S/C15H22N2O3S/c1-16-15(18)10-11-6-8-12(9-7-11)17-13-4-3-5-14(13)21(2,19)20/h6-9,13-14,17H,3-5,10H2,1-2H3,(H,16,18). The molecule has 1 saturated carbocycles. The molecule has 0 aliphatic heterocycles. The minimum atomic E-state index is -3.01. The molecule has 2 rings (SSSR count).